The van der Waals surface area contributed by atoms with Gasteiger partial charge < -0.3 is 10.1 Å². The second-order valence-corrected chi connectivity index (χ2v) is 8.66. The van der Waals surface area contributed by atoms with Gasteiger partial charge in [-0.2, -0.15) is 0 Å². The third kappa shape index (κ3) is 5.04. The molecule has 0 radical (unpaired) electrons. The quantitative estimate of drug-likeness (QED) is 0.733. The minimum absolute atomic E-state index is 0.254. The number of aryl methyl sites for hydroxylation is 2. The van der Waals surface area contributed by atoms with E-state index in [9.17, 15) is 13.2 Å². The third-order valence-corrected chi connectivity index (χ3v) is 5.74. The smallest absolute Gasteiger partial charge is 0.244 e. The van der Waals surface area contributed by atoms with E-state index >= 15 is 0 Å². The van der Waals surface area contributed by atoms with E-state index in [1.54, 1.807) is 20.1 Å². The number of carbonyl (C=O) groups is 1. The van der Waals surface area contributed by atoms with Crippen LogP contribution in [-0.4, -0.2) is 33.7 Å². The molecule has 2 aromatic carbocycles. The molecular weight excluding hydrogens is 376 g/mol. The second-order valence-electron chi connectivity index (χ2n) is 6.80. The number of para-hydroxylation sites is 1. The van der Waals surface area contributed by atoms with Gasteiger partial charge in [0.1, 0.15) is 11.8 Å². The lowest BCUT2D eigenvalue weighted by molar-refractivity contribution is -0.122. The minimum Gasteiger partial charge on any atom is -0.496 e. The molecule has 6 nitrogen and oxygen atoms in total. The Labute approximate surface area is 167 Å². The van der Waals surface area contributed by atoms with Crippen LogP contribution in [0.2, 0.25) is 0 Å². The molecule has 28 heavy (non-hydrogen) atoms. The van der Waals surface area contributed by atoms with E-state index in [4.69, 9.17) is 4.74 Å². The Hall–Kier alpha value is -2.54. The van der Waals surface area contributed by atoms with Crippen molar-refractivity contribution in [1.82, 2.24) is 5.32 Å². The zero-order valence-corrected chi connectivity index (χ0v) is 17.8. The lowest BCUT2D eigenvalue weighted by Gasteiger charge is -2.31. The number of nitrogens with zero attached hydrogens (tertiary/aromatic N) is 1. The first-order valence-electron chi connectivity index (χ1n) is 9.15. The number of amides is 1. The molecule has 2 aromatic rings. The monoisotopic (exact) mass is 404 g/mol. The fraction of sp³-hybridized carbons (Fsp3) is 0.381. The average molecular weight is 405 g/mol. The SMILES string of the molecule is CC[C@H](C(=O)NCc1ccccc1OC)N(c1cc(C)ccc1C)S(C)(=O)=O. The van der Waals surface area contributed by atoms with Gasteiger partial charge in [-0.25, -0.2) is 8.42 Å². The van der Waals surface area contributed by atoms with Gasteiger partial charge in [0.05, 0.1) is 19.1 Å². The van der Waals surface area contributed by atoms with Gasteiger partial charge >= 0.3 is 0 Å². The maximum atomic E-state index is 12.9. The molecule has 0 heterocycles. The number of nitrogens with one attached hydrogen (secondary N) is 1. The zero-order chi connectivity index (χ0) is 20.9. The molecule has 0 spiro atoms. The fourth-order valence-corrected chi connectivity index (χ4v) is 4.40. The normalized spacial score (nSPS) is 12.3. The first-order chi connectivity index (χ1) is 13.2. The van der Waals surface area contributed by atoms with Crippen molar-refractivity contribution in [3.8, 4) is 5.75 Å². The summed E-state index contributed by atoms with van der Waals surface area (Å²) in [6.45, 7) is 5.79. The van der Waals surface area contributed by atoms with Crippen LogP contribution in [0.1, 0.15) is 30.0 Å². The number of anilines is 1. The highest BCUT2D eigenvalue weighted by Gasteiger charge is 2.32. The number of rotatable bonds is 8. The van der Waals surface area contributed by atoms with E-state index in [1.807, 2.05) is 50.2 Å². The Morgan fingerprint density at radius 1 is 1.18 bits per heavy atom. The van der Waals surface area contributed by atoms with Crippen molar-refractivity contribution >= 4 is 21.6 Å². The largest absolute Gasteiger partial charge is 0.496 e. The van der Waals surface area contributed by atoms with E-state index in [2.05, 4.69) is 5.32 Å². The number of benzene rings is 2. The Kier molecular flexibility index (Phi) is 7.07. The van der Waals surface area contributed by atoms with E-state index < -0.39 is 16.1 Å². The molecule has 0 aliphatic rings. The molecule has 0 saturated carbocycles. The van der Waals surface area contributed by atoms with Gasteiger partial charge in [0.15, 0.2) is 0 Å². The predicted molar refractivity (Wildman–Crippen MR) is 112 cm³/mol. The summed E-state index contributed by atoms with van der Waals surface area (Å²) in [7, 11) is -2.09. The van der Waals surface area contributed by atoms with Crippen LogP contribution in [0, 0.1) is 13.8 Å². The molecule has 2 rings (SSSR count). The van der Waals surface area contributed by atoms with Crippen LogP contribution < -0.4 is 14.4 Å². The molecule has 0 unspecified atom stereocenters. The summed E-state index contributed by atoms with van der Waals surface area (Å²) in [5.74, 6) is 0.324. The van der Waals surface area contributed by atoms with Crippen molar-refractivity contribution in [1.29, 1.82) is 0 Å². The van der Waals surface area contributed by atoms with Crippen molar-refractivity contribution in [2.24, 2.45) is 0 Å². The summed E-state index contributed by atoms with van der Waals surface area (Å²) < 4.78 is 31.7. The lowest BCUT2D eigenvalue weighted by atomic mass is 10.1. The number of hydrogen-bond donors (Lipinski definition) is 1. The molecule has 0 bridgehead atoms. The Bertz CT molecular complexity index is 941. The van der Waals surface area contributed by atoms with Crippen molar-refractivity contribution < 1.29 is 17.9 Å². The number of sulfonamides is 1. The average Bonchev–Trinajstić information content (AvgIpc) is 2.65. The topological polar surface area (TPSA) is 75.7 Å². The molecule has 7 heteroatoms. The van der Waals surface area contributed by atoms with Crippen LogP contribution in [0.4, 0.5) is 5.69 Å². The van der Waals surface area contributed by atoms with E-state index in [1.165, 1.54) is 4.31 Å². The van der Waals surface area contributed by atoms with Crippen LogP contribution in [-0.2, 0) is 21.4 Å². The molecule has 1 amide bonds. The predicted octanol–water partition coefficient (Wildman–Crippen LogP) is 3.17. The first-order valence-corrected chi connectivity index (χ1v) is 11.0. The Balaban J connectivity index is 2.33. The van der Waals surface area contributed by atoms with Gasteiger partial charge in [-0.15, -0.1) is 0 Å². The van der Waals surface area contributed by atoms with Crippen LogP contribution in [0.3, 0.4) is 0 Å². The maximum absolute atomic E-state index is 12.9. The van der Waals surface area contributed by atoms with E-state index in [0.717, 1.165) is 22.9 Å². The molecule has 1 N–H and O–H groups in total. The summed E-state index contributed by atoms with van der Waals surface area (Å²) in [5, 5.41) is 2.86. The summed E-state index contributed by atoms with van der Waals surface area (Å²) >= 11 is 0. The molecular formula is C21H28N2O4S. The summed E-state index contributed by atoms with van der Waals surface area (Å²) in [6, 6.07) is 12.1. The molecule has 0 aliphatic carbocycles. The van der Waals surface area contributed by atoms with Gasteiger partial charge in [-0.1, -0.05) is 37.3 Å². The first kappa shape index (κ1) is 21.8. The van der Waals surface area contributed by atoms with E-state index in [-0.39, 0.29) is 12.5 Å². The second kappa shape index (κ2) is 9.10. The van der Waals surface area contributed by atoms with Gasteiger partial charge in [0.25, 0.3) is 0 Å². The molecule has 152 valence electrons. The van der Waals surface area contributed by atoms with Crippen molar-refractivity contribution in [3.63, 3.8) is 0 Å². The van der Waals surface area contributed by atoms with Crippen LogP contribution in [0.5, 0.6) is 5.75 Å². The van der Waals surface area contributed by atoms with Crippen molar-refractivity contribution in [2.45, 2.75) is 39.8 Å². The minimum atomic E-state index is -3.66. The summed E-state index contributed by atoms with van der Waals surface area (Å²) in [4.78, 5) is 12.9. The van der Waals surface area contributed by atoms with Crippen LogP contribution in [0.25, 0.3) is 0 Å². The van der Waals surface area contributed by atoms with E-state index in [0.29, 0.717) is 17.9 Å². The number of hydrogen-bond acceptors (Lipinski definition) is 4. The number of ether oxygens (including phenoxy) is 1. The molecule has 0 aliphatic heterocycles. The molecule has 0 fully saturated rings. The van der Waals surface area contributed by atoms with Gasteiger partial charge in [0.2, 0.25) is 15.9 Å². The van der Waals surface area contributed by atoms with Crippen molar-refractivity contribution in [2.75, 3.05) is 17.7 Å². The highest BCUT2D eigenvalue weighted by atomic mass is 32.2. The highest BCUT2D eigenvalue weighted by molar-refractivity contribution is 7.92. The lowest BCUT2D eigenvalue weighted by Crippen LogP contribution is -2.49. The third-order valence-electron chi connectivity index (χ3n) is 4.58. The Morgan fingerprint density at radius 2 is 1.86 bits per heavy atom. The van der Waals surface area contributed by atoms with Gasteiger partial charge in [0, 0.05) is 12.1 Å². The van der Waals surface area contributed by atoms with Crippen LogP contribution in [0.15, 0.2) is 42.5 Å². The highest BCUT2D eigenvalue weighted by Crippen LogP contribution is 2.27. The standard InChI is InChI=1S/C21H28N2O4S/c1-6-18(21(24)22-14-17-9-7-8-10-20(17)27-4)23(28(5,25)26)19-13-15(2)11-12-16(19)3/h7-13,18H,6,14H2,1-5H3,(H,22,24)/t18-/m1/s1. The number of carbonyl (C=O) groups excluding carboxylic acids is 1. The fourth-order valence-electron chi connectivity index (χ4n) is 3.14. The molecule has 1 atom stereocenters. The van der Waals surface area contributed by atoms with Crippen LogP contribution >= 0.6 is 0 Å². The molecule has 0 saturated heterocycles. The Morgan fingerprint density at radius 3 is 2.46 bits per heavy atom. The zero-order valence-electron chi connectivity index (χ0n) is 17.0. The summed E-state index contributed by atoms with van der Waals surface area (Å²) in [5.41, 5.74) is 3.08. The van der Waals surface area contributed by atoms with Gasteiger partial charge in [-0.05, 0) is 43.5 Å². The molecule has 0 aromatic heterocycles. The van der Waals surface area contributed by atoms with Gasteiger partial charge in [-0.3, -0.25) is 9.10 Å². The summed E-state index contributed by atoms with van der Waals surface area (Å²) in [6.07, 6.45) is 1.48. The number of methoxy groups -OCH3 is 1. The maximum Gasteiger partial charge on any atom is 0.244 e. The van der Waals surface area contributed by atoms with Crippen molar-refractivity contribution in [3.05, 3.63) is 59.2 Å².